The monoisotopic (exact) mass is 671 g/mol. The molecule has 0 aromatic carbocycles. The number of hydrogen-bond donors (Lipinski definition) is 4. The van der Waals surface area contributed by atoms with Crippen LogP contribution in [-0.4, -0.2) is 104 Å². The largest absolute Gasteiger partial charge is 3.00 e. The van der Waals surface area contributed by atoms with Gasteiger partial charge in [-0.05, 0) is 26.2 Å². The Morgan fingerprint density at radius 1 is 1.22 bits per heavy atom. The zero-order valence-corrected chi connectivity index (χ0v) is 22.0. The molecular formula is C17H26BiN4O9S+. The van der Waals surface area contributed by atoms with Crippen molar-refractivity contribution in [1.82, 2.24) is 15.5 Å². The number of aliphatic hydroxyl groups excluding tert-OH is 2. The number of carbonyl (C=O) groups is 2. The van der Waals surface area contributed by atoms with Crippen molar-refractivity contribution in [2.45, 2.75) is 24.5 Å². The average Bonchev–Trinajstić information content (AvgIpc) is 3.11. The van der Waals surface area contributed by atoms with E-state index in [-0.39, 0.29) is 26.2 Å². The van der Waals surface area contributed by atoms with Crippen LogP contribution in [0.25, 0.3) is 0 Å². The molecule has 1 aromatic heterocycles. The number of hydrogen-bond acceptors (Lipinski definition) is 13. The summed E-state index contributed by atoms with van der Waals surface area (Å²) < 4.78 is 5.70. The number of nitrogens with one attached hydrogen (secondary N) is 2. The Labute approximate surface area is 208 Å². The Balaban J connectivity index is 0. The molecule has 0 aliphatic rings. The third-order valence-corrected chi connectivity index (χ3v) is 4.26. The standard InChI is InChI=1S/C13H22N4O3S.C4H6O6.Bi/c1-14-13(9-17(18)19)15-6-7-21-10-12-5-4-11(20-12)8-16(2)3;5-1(3(7)8)2(6)4(9)10;/h4-5,9,14-15H,6-8,10H2,1-3H3;1-2,5-6H,(H,7,8)(H,9,10);/q;;+3/p-2/b13-9-;;. The molecule has 32 heavy (non-hydrogen) atoms. The number of aliphatic hydroxyl groups is 2. The van der Waals surface area contributed by atoms with Crippen LogP contribution in [0.3, 0.4) is 0 Å². The summed E-state index contributed by atoms with van der Waals surface area (Å²) in [5.74, 6) is -0.171. The molecule has 0 fully saturated rings. The van der Waals surface area contributed by atoms with Crippen molar-refractivity contribution in [3.05, 3.63) is 45.8 Å². The predicted octanol–water partition coefficient (Wildman–Crippen LogP) is -3.71. The van der Waals surface area contributed by atoms with Gasteiger partial charge in [0.15, 0.2) is 5.82 Å². The molecular weight excluding hydrogens is 645 g/mol. The van der Waals surface area contributed by atoms with Crippen molar-refractivity contribution in [2.75, 3.05) is 33.4 Å². The van der Waals surface area contributed by atoms with Crippen LogP contribution in [0.1, 0.15) is 11.5 Å². The Hall–Kier alpha value is -1.93. The second kappa shape index (κ2) is 17.6. The fraction of sp³-hybridized carbons (Fsp3) is 0.529. The Kier molecular flexibility index (Phi) is 17.7. The van der Waals surface area contributed by atoms with E-state index in [9.17, 15) is 29.9 Å². The van der Waals surface area contributed by atoms with E-state index in [1.165, 1.54) is 0 Å². The molecule has 0 amide bonds. The number of carbonyl (C=O) groups excluding carboxylic acids is 2. The second-order valence-corrected chi connectivity index (χ2v) is 7.30. The van der Waals surface area contributed by atoms with E-state index >= 15 is 0 Å². The summed E-state index contributed by atoms with van der Waals surface area (Å²) in [7, 11) is 5.64. The fourth-order valence-electron chi connectivity index (χ4n) is 1.89. The van der Waals surface area contributed by atoms with Crippen molar-refractivity contribution in [3.8, 4) is 0 Å². The van der Waals surface area contributed by atoms with Crippen LogP contribution in [0.5, 0.6) is 0 Å². The Morgan fingerprint density at radius 3 is 2.19 bits per heavy atom. The first-order valence-electron chi connectivity index (χ1n) is 8.82. The summed E-state index contributed by atoms with van der Waals surface area (Å²) in [5, 5.41) is 51.8. The van der Waals surface area contributed by atoms with Gasteiger partial charge in [-0.15, -0.1) is 0 Å². The Bertz CT molecular complexity index is 727. The maximum absolute atomic E-state index is 10.3. The molecule has 0 aliphatic heterocycles. The fourth-order valence-corrected chi connectivity index (χ4v) is 2.64. The number of nitro groups is 1. The molecule has 0 spiro atoms. The van der Waals surface area contributed by atoms with Gasteiger partial charge in [0.05, 0.1) is 29.2 Å². The topological polar surface area (TPSA) is 204 Å². The smallest absolute Gasteiger partial charge is 0.547 e. The van der Waals surface area contributed by atoms with E-state index < -0.39 is 29.1 Å². The van der Waals surface area contributed by atoms with E-state index in [4.69, 9.17) is 14.6 Å². The van der Waals surface area contributed by atoms with E-state index in [0.717, 1.165) is 35.8 Å². The second-order valence-electron chi connectivity index (χ2n) is 6.19. The van der Waals surface area contributed by atoms with Gasteiger partial charge in [-0.25, -0.2) is 0 Å². The molecule has 4 N–H and O–H groups in total. The first-order valence-corrected chi connectivity index (χ1v) is 9.98. The molecule has 0 aliphatic carbocycles. The number of carboxylic acids is 2. The first-order chi connectivity index (χ1) is 14.5. The molecule has 2 atom stereocenters. The maximum Gasteiger partial charge on any atom is 3.00 e. The van der Waals surface area contributed by atoms with Gasteiger partial charge in [-0.1, -0.05) is 0 Å². The van der Waals surface area contributed by atoms with Gasteiger partial charge in [0.25, 0.3) is 6.20 Å². The van der Waals surface area contributed by atoms with Gasteiger partial charge in [0.2, 0.25) is 0 Å². The van der Waals surface area contributed by atoms with E-state index in [0.29, 0.717) is 12.4 Å². The van der Waals surface area contributed by atoms with Crippen LogP contribution in [0.2, 0.25) is 0 Å². The zero-order valence-electron chi connectivity index (χ0n) is 17.7. The normalized spacial score (nSPS) is 12.6. The van der Waals surface area contributed by atoms with Crippen molar-refractivity contribution in [2.24, 2.45) is 0 Å². The molecule has 2 unspecified atom stereocenters. The summed E-state index contributed by atoms with van der Waals surface area (Å²) >= 11 is 1.72. The Morgan fingerprint density at radius 2 is 1.75 bits per heavy atom. The minimum atomic E-state index is -2.44. The number of thioether (sulfide) groups is 1. The number of rotatable bonds is 13. The van der Waals surface area contributed by atoms with E-state index in [1.54, 1.807) is 18.8 Å². The van der Waals surface area contributed by atoms with Crippen LogP contribution in [0.4, 0.5) is 0 Å². The molecule has 1 aromatic rings. The maximum atomic E-state index is 10.3. The van der Waals surface area contributed by atoms with Crippen molar-refractivity contribution in [3.63, 3.8) is 0 Å². The van der Waals surface area contributed by atoms with E-state index in [2.05, 4.69) is 15.5 Å². The molecule has 0 saturated carbocycles. The number of nitrogens with zero attached hydrogens (tertiary/aromatic N) is 2. The van der Waals surface area contributed by atoms with Crippen molar-refractivity contribution in [1.29, 1.82) is 0 Å². The quantitative estimate of drug-likeness (QED) is 0.0691. The van der Waals surface area contributed by atoms with Crippen molar-refractivity contribution < 1.29 is 39.4 Å². The van der Waals surface area contributed by atoms with Crippen LogP contribution in [0.15, 0.2) is 28.6 Å². The molecule has 15 heteroatoms. The van der Waals surface area contributed by atoms with Gasteiger partial charge in [-0.3, -0.25) is 10.1 Å². The molecule has 1 heterocycles. The van der Waals surface area contributed by atoms with Gasteiger partial charge in [0, 0.05) is 19.3 Å². The van der Waals surface area contributed by atoms with Gasteiger partial charge >= 0.3 is 26.2 Å². The summed E-state index contributed by atoms with van der Waals surface area (Å²) in [5.41, 5.74) is 0. The molecule has 0 saturated heterocycles. The van der Waals surface area contributed by atoms with E-state index in [1.807, 2.05) is 26.2 Å². The van der Waals surface area contributed by atoms with Crippen LogP contribution >= 0.6 is 11.8 Å². The summed E-state index contributed by atoms with van der Waals surface area (Å²) in [6.45, 7) is 1.44. The molecule has 2 radical (unpaired) electrons. The summed E-state index contributed by atoms with van der Waals surface area (Å²) in [6, 6.07) is 3.98. The number of aliphatic carboxylic acids is 2. The molecule has 0 bridgehead atoms. The first kappa shape index (κ1) is 32.3. The summed E-state index contributed by atoms with van der Waals surface area (Å²) in [4.78, 5) is 31.2. The molecule has 1 rings (SSSR count). The zero-order chi connectivity index (χ0) is 24.0. The third-order valence-electron chi connectivity index (χ3n) is 3.28. The molecule has 13 nitrogen and oxygen atoms in total. The van der Waals surface area contributed by atoms with Crippen molar-refractivity contribution >= 4 is 49.9 Å². The minimum Gasteiger partial charge on any atom is -0.547 e. The van der Waals surface area contributed by atoms with Crippen LogP contribution in [-0.2, 0) is 21.9 Å². The minimum absolute atomic E-state index is 0. The average molecular weight is 671 g/mol. The molecule has 178 valence electrons. The van der Waals surface area contributed by atoms with Gasteiger partial charge in [0.1, 0.15) is 23.7 Å². The van der Waals surface area contributed by atoms with Crippen LogP contribution in [0, 0.1) is 10.1 Å². The SMILES string of the molecule is CN/C(=C/[N+](=O)[O-])NCCSCc1ccc(CN(C)C)o1.O=C([O-])C(O)C(O)C(=O)[O-].[Bi+3]. The number of furan rings is 1. The van der Waals surface area contributed by atoms with Gasteiger partial charge in [-0.2, -0.15) is 11.8 Å². The predicted molar refractivity (Wildman–Crippen MR) is 112 cm³/mol. The number of carboxylic acid groups (broad SMARTS) is 2. The summed E-state index contributed by atoms with van der Waals surface area (Å²) in [6.07, 6.45) is -3.96. The van der Waals surface area contributed by atoms with Gasteiger partial charge < -0.3 is 50.0 Å². The third kappa shape index (κ3) is 15.0. The van der Waals surface area contributed by atoms with Crippen LogP contribution < -0.4 is 20.8 Å².